The third kappa shape index (κ3) is 6.09. The van der Waals surface area contributed by atoms with Gasteiger partial charge in [0.2, 0.25) is 0 Å². The van der Waals surface area contributed by atoms with E-state index in [0.29, 0.717) is 32.3 Å². The normalized spacial score (nSPS) is 20.9. The molecule has 0 radical (unpaired) electrons. The molecular weight excluding hydrogens is 452 g/mol. The topological polar surface area (TPSA) is 57.2 Å². The van der Waals surface area contributed by atoms with E-state index in [-0.39, 0.29) is 12.5 Å². The second kappa shape index (κ2) is 11.9. The summed E-state index contributed by atoms with van der Waals surface area (Å²) in [7, 11) is 0. The monoisotopic (exact) mass is 488 g/mol. The zero-order valence-electron chi connectivity index (χ0n) is 20.8. The van der Waals surface area contributed by atoms with Gasteiger partial charge in [-0.05, 0) is 53.9 Å². The summed E-state index contributed by atoms with van der Waals surface area (Å²) in [5, 5.41) is 9.52. The van der Waals surface area contributed by atoms with E-state index in [9.17, 15) is 5.11 Å². The molecule has 190 valence electrons. The fraction of sp³-hybridized carbons (Fsp3) is 0.419. The predicted octanol–water partition coefficient (Wildman–Crippen LogP) is 6.24. The molecular formula is C31H36O5. The van der Waals surface area contributed by atoms with Crippen molar-refractivity contribution >= 4 is 0 Å². The summed E-state index contributed by atoms with van der Waals surface area (Å²) in [6, 6.07) is 26.7. The van der Waals surface area contributed by atoms with Gasteiger partial charge in [0.15, 0.2) is 5.79 Å². The van der Waals surface area contributed by atoms with Crippen molar-refractivity contribution in [1.82, 2.24) is 0 Å². The molecule has 2 aliphatic rings. The lowest BCUT2D eigenvalue weighted by atomic mass is 9.71. The van der Waals surface area contributed by atoms with E-state index in [1.54, 1.807) is 0 Å². The number of hydrogen-bond donors (Lipinski definition) is 1. The zero-order valence-corrected chi connectivity index (χ0v) is 20.8. The van der Waals surface area contributed by atoms with E-state index >= 15 is 0 Å². The van der Waals surface area contributed by atoms with Crippen molar-refractivity contribution in [3.63, 3.8) is 0 Å². The third-order valence-corrected chi connectivity index (χ3v) is 7.41. The lowest BCUT2D eigenvalue weighted by molar-refractivity contribution is -0.187. The fourth-order valence-electron chi connectivity index (χ4n) is 5.54. The van der Waals surface area contributed by atoms with Crippen molar-refractivity contribution in [1.29, 1.82) is 0 Å². The van der Waals surface area contributed by atoms with Crippen LogP contribution in [0, 0.1) is 5.92 Å². The van der Waals surface area contributed by atoms with E-state index < -0.39 is 5.79 Å². The van der Waals surface area contributed by atoms with Crippen LogP contribution in [0.2, 0.25) is 0 Å². The maximum Gasteiger partial charge on any atom is 0.169 e. The Morgan fingerprint density at radius 3 is 2.17 bits per heavy atom. The molecule has 0 aromatic heterocycles. The standard InChI is InChI=1S/C31H36O5/c32-17-7-12-26-15-16-31(35-18-19-36-31)21-29(26)28-14-13-27(33-22-24-8-3-1-4-9-24)20-30(28)34-23-25-10-5-2-6-11-25/h1-6,8-11,13-14,20,26,29,32H,7,12,15-19,21-23H2/t26-,29-/m1/s1. The smallest absolute Gasteiger partial charge is 0.169 e. The molecule has 1 N–H and O–H groups in total. The highest BCUT2D eigenvalue weighted by Crippen LogP contribution is 2.50. The number of benzene rings is 3. The molecule has 1 heterocycles. The summed E-state index contributed by atoms with van der Waals surface area (Å²) in [6.07, 6.45) is 4.48. The fourth-order valence-corrected chi connectivity index (χ4v) is 5.54. The first kappa shape index (κ1) is 24.8. The minimum Gasteiger partial charge on any atom is -0.489 e. The van der Waals surface area contributed by atoms with E-state index in [2.05, 4.69) is 30.3 Å². The highest BCUT2D eigenvalue weighted by Gasteiger charge is 2.46. The maximum absolute atomic E-state index is 9.52. The molecule has 36 heavy (non-hydrogen) atoms. The molecule has 2 atom stereocenters. The first-order chi connectivity index (χ1) is 17.7. The van der Waals surface area contributed by atoms with Gasteiger partial charge in [-0.1, -0.05) is 66.7 Å². The molecule has 1 aliphatic heterocycles. The highest BCUT2D eigenvalue weighted by molar-refractivity contribution is 5.44. The Balaban J connectivity index is 1.42. The van der Waals surface area contributed by atoms with Crippen molar-refractivity contribution in [3.8, 4) is 11.5 Å². The molecule has 0 unspecified atom stereocenters. The van der Waals surface area contributed by atoms with Crippen LogP contribution >= 0.6 is 0 Å². The Morgan fingerprint density at radius 1 is 0.833 bits per heavy atom. The van der Waals surface area contributed by atoms with Crippen LogP contribution in [0.3, 0.4) is 0 Å². The van der Waals surface area contributed by atoms with Gasteiger partial charge in [-0.25, -0.2) is 0 Å². The molecule has 0 bridgehead atoms. The second-order valence-corrected chi connectivity index (χ2v) is 9.83. The number of hydrogen-bond acceptors (Lipinski definition) is 5. The second-order valence-electron chi connectivity index (χ2n) is 9.83. The summed E-state index contributed by atoms with van der Waals surface area (Å²) in [4.78, 5) is 0. The highest BCUT2D eigenvalue weighted by atomic mass is 16.7. The van der Waals surface area contributed by atoms with Crippen LogP contribution in [0.5, 0.6) is 11.5 Å². The molecule has 5 heteroatoms. The quantitative estimate of drug-likeness (QED) is 0.366. The van der Waals surface area contributed by atoms with E-state index in [4.69, 9.17) is 18.9 Å². The van der Waals surface area contributed by atoms with Gasteiger partial charge in [0.1, 0.15) is 24.7 Å². The summed E-state index contributed by atoms with van der Waals surface area (Å²) < 4.78 is 24.9. The van der Waals surface area contributed by atoms with Crippen LogP contribution in [-0.2, 0) is 22.7 Å². The molecule has 3 aromatic rings. The first-order valence-corrected chi connectivity index (χ1v) is 13.1. The van der Waals surface area contributed by atoms with Gasteiger partial charge < -0.3 is 24.1 Å². The molecule has 1 saturated heterocycles. The zero-order chi connectivity index (χ0) is 24.6. The van der Waals surface area contributed by atoms with Crippen LogP contribution < -0.4 is 9.47 Å². The van der Waals surface area contributed by atoms with Crippen molar-refractivity contribution in [2.24, 2.45) is 5.92 Å². The van der Waals surface area contributed by atoms with Gasteiger partial charge >= 0.3 is 0 Å². The minimum atomic E-state index is -0.500. The van der Waals surface area contributed by atoms with Gasteiger partial charge in [0.25, 0.3) is 0 Å². The lowest BCUT2D eigenvalue weighted by Gasteiger charge is -2.42. The van der Waals surface area contributed by atoms with Gasteiger partial charge in [-0.15, -0.1) is 0 Å². The first-order valence-electron chi connectivity index (χ1n) is 13.1. The largest absolute Gasteiger partial charge is 0.489 e. The number of aliphatic hydroxyl groups is 1. The Hall–Kier alpha value is -2.86. The average Bonchev–Trinajstić information content (AvgIpc) is 3.39. The van der Waals surface area contributed by atoms with Crippen LogP contribution in [0.25, 0.3) is 0 Å². The van der Waals surface area contributed by atoms with E-state index in [1.807, 2.05) is 48.5 Å². The summed E-state index contributed by atoms with van der Waals surface area (Å²) >= 11 is 0. The molecule has 5 rings (SSSR count). The van der Waals surface area contributed by atoms with E-state index in [0.717, 1.165) is 54.7 Å². The Kier molecular flexibility index (Phi) is 8.22. The summed E-state index contributed by atoms with van der Waals surface area (Å²) in [5.41, 5.74) is 3.42. The Labute approximate surface area is 214 Å². The third-order valence-electron chi connectivity index (χ3n) is 7.41. The molecule has 2 fully saturated rings. The number of aliphatic hydroxyl groups excluding tert-OH is 1. The summed E-state index contributed by atoms with van der Waals surface area (Å²) in [6.45, 7) is 2.51. The van der Waals surface area contributed by atoms with Crippen molar-refractivity contribution in [2.75, 3.05) is 19.8 Å². The summed E-state index contributed by atoms with van der Waals surface area (Å²) in [5.74, 6) is 1.79. The lowest BCUT2D eigenvalue weighted by Crippen LogP contribution is -2.39. The van der Waals surface area contributed by atoms with Crippen LogP contribution in [0.1, 0.15) is 54.7 Å². The minimum absolute atomic E-state index is 0.213. The van der Waals surface area contributed by atoms with Gasteiger partial charge in [0.05, 0.1) is 13.2 Å². The van der Waals surface area contributed by atoms with Crippen molar-refractivity contribution in [2.45, 2.75) is 57.0 Å². The van der Waals surface area contributed by atoms with E-state index in [1.165, 1.54) is 5.56 Å². The predicted molar refractivity (Wildman–Crippen MR) is 139 cm³/mol. The molecule has 1 spiro atoms. The number of rotatable bonds is 10. The van der Waals surface area contributed by atoms with Crippen molar-refractivity contribution < 1.29 is 24.1 Å². The van der Waals surface area contributed by atoms with Gasteiger partial charge in [0, 0.05) is 25.5 Å². The average molecular weight is 489 g/mol. The molecule has 5 nitrogen and oxygen atoms in total. The SMILES string of the molecule is OCCC[C@@H]1CCC2(C[C@H]1c1ccc(OCc3ccccc3)cc1OCc1ccccc1)OCCO2. The molecule has 3 aromatic carbocycles. The van der Waals surface area contributed by atoms with Crippen LogP contribution in [0.15, 0.2) is 78.9 Å². The number of ether oxygens (including phenoxy) is 4. The maximum atomic E-state index is 9.52. The van der Waals surface area contributed by atoms with Gasteiger partial charge in [-0.3, -0.25) is 0 Å². The van der Waals surface area contributed by atoms with Crippen LogP contribution in [0.4, 0.5) is 0 Å². The van der Waals surface area contributed by atoms with Gasteiger partial charge in [-0.2, -0.15) is 0 Å². The molecule has 0 amide bonds. The Bertz CT molecular complexity index is 1080. The van der Waals surface area contributed by atoms with Crippen molar-refractivity contribution in [3.05, 3.63) is 95.6 Å². The molecule has 1 saturated carbocycles. The Morgan fingerprint density at radius 2 is 1.50 bits per heavy atom. The van der Waals surface area contributed by atoms with Crippen LogP contribution in [-0.4, -0.2) is 30.7 Å². The molecule has 1 aliphatic carbocycles.